The second kappa shape index (κ2) is 6.95. The maximum Gasteiger partial charge on any atom is 0.231 e. The highest BCUT2D eigenvalue weighted by atomic mass is 32.2. The van der Waals surface area contributed by atoms with Crippen LogP contribution in [-0.4, -0.2) is 27.2 Å². The molecule has 2 aromatic heterocycles. The molecule has 2 heterocycles. The van der Waals surface area contributed by atoms with Crippen LogP contribution in [0.3, 0.4) is 0 Å². The van der Waals surface area contributed by atoms with Crippen LogP contribution >= 0.6 is 23.1 Å². The van der Waals surface area contributed by atoms with E-state index in [1.165, 1.54) is 11.8 Å². The van der Waals surface area contributed by atoms with Crippen molar-refractivity contribution in [1.29, 1.82) is 5.26 Å². The zero-order valence-electron chi connectivity index (χ0n) is 14.4. The Morgan fingerprint density at radius 3 is 2.71 bits per heavy atom. The molecule has 0 aromatic carbocycles. The summed E-state index contributed by atoms with van der Waals surface area (Å²) in [6, 6.07) is 2.16. The van der Waals surface area contributed by atoms with Gasteiger partial charge in [0.1, 0.15) is 16.2 Å². The molecule has 0 bridgehead atoms. The number of aromatic nitrogens is 2. The molecule has 1 amide bonds. The van der Waals surface area contributed by atoms with Gasteiger partial charge < -0.3 is 11.1 Å². The van der Waals surface area contributed by atoms with E-state index in [0.717, 1.165) is 20.7 Å². The van der Waals surface area contributed by atoms with Gasteiger partial charge >= 0.3 is 0 Å². The highest BCUT2D eigenvalue weighted by Gasteiger charge is 2.29. The molecule has 8 heteroatoms. The number of hydrogen-bond donors (Lipinski definition) is 2. The van der Waals surface area contributed by atoms with E-state index in [-0.39, 0.29) is 17.6 Å². The van der Waals surface area contributed by atoms with E-state index in [0.29, 0.717) is 11.0 Å². The predicted octanol–water partition coefficient (Wildman–Crippen LogP) is 3.04. The fourth-order valence-corrected chi connectivity index (χ4v) is 3.83. The summed E-state index contributed by atoms with van der Waals surface area (Å²) in [7, 11) is 0. The van der Waals surface area contributed by atoms with Gasteiger partial charge in [-0.05, 0) is 32.3 Å². The predicted molar refractivity (Wildman–Crippen MR) is 99.0 cm³/mol. The summed E-state index contributed by atoms with van der Waals surface area (Å²) in [6.45, 7) is 9.54. The molecular weight excluding hydrogens is 342 g/mol. The number of aryl methyl sites for hydroxylation is 2. The summed E-state index contributed by atoms with van der Waals surface area (Å²) < 4.78 is 0. The Kier molecular flexibility index (Phi) is 5.35. The van der Waals surface area contributed by atoms with Crippen LogP contribution in [0.15, 0.2) is 5.16 Å². The van der Waals surface area contributed by atoms with Crippen molar-refractivity contribution in [2.24, 2.45) is 5.92 Å². The highest BCUT2D eigenvalue weighted by Crippen LogP contribution is 2.33. The summed E-state index contributed by atoms with van der Waals surface area (Å²) in [5, 5.41) is 13.4. The van der Waals surface area contributed by atoms with Gasteiger partial charge in [-0.2, -0.15) is 5.26 Å². The Hall–Kier alpha value is -1.85. The van der Waals surface area contributed by atoms with E-state index in [1.54, 1.807) is 18.3 Å². The number of nitrogens with zero attached hydrogens (tertiary/aromatic N) is 3. The second-order valence-electron chi connectivity index (χ2n) is 6.16. The average Bonchev–Trinajstić information content (AvgIpc) is 2.80. The molecule has 0 saturated heterocycles. The number of fused-ring (bicyclic) bond motifs is 1. The van der Waals surface area contributed by atoms with Crippen molar-refractivity contribution >= 4 is 45.0 Å². The number of hydrogen-bond acceptors (Lipinski definition) is 7. The van der Waals surface area contributed by atoms with Crippen LogP contribution in [0, 0.1) is 31.1 Å². The number of thioether (sulfide) groups is 1. The summed E-state index contributed by atoms with van der Waals surface area (Å²) in [5.74, 6) is 0.363. The van der Waals surface area contributed by atoms with E-state index < -0.39 is 5.54 Å². The Labute approximate surface area is 149 Å². The second-order valence-corrected chi connectivity index (χ2v) is 8.31. The minimum absolute atomic E-state index is 0.0109. The third kappa shape index (κ3) is 3.62. The standard InChI is InChI=1S/C16H21N5OS2/c1-8(2)16(5,7-17)21-11(22)6-23-15-19-13(18)12-9(3)10(4)24-14(12)20-15/h8H,6H2,1-5H3,(H,21,22)(H2,18,19,20). The number of nitrogens with one attached hydrogen (secondary N) is 1. The number of anilines is 1. The molecular formula is C16H21N5OS2. The number of nitrogens with two attached hydrogens (primary N) is 1. The first-order valence-corrected chi connectivity index (χ1v) is 9.36. The number of nitrogen functional groups attached to an aromatic ring is 1. The van der Waals surface area contributed by atoms with Crippen LogP contribution in [-0.2, 0) is 4.79 Å². The molecule has 0 spiro atoms. The van der Waals surface area contributed by atoms with Crippen LogP contribution < -0.4 is 11.1 Å². The Morgan fingerprint density at radius 1 is 1.46 bits per heavy atom. The van der Waals surface area contributed by atoms with Gasteiger partial charge in [0.15, 0.2) is 5.16 Å². The minimum atomic E-state index is -0.885. The van der Waals surface area contributed by atoms with Crippen molar-refractivity contribution in [2.45, 2.75) is 45.3 Å². The maximum absolute atomic E-state index is 12.1. The Bertz CT molecular complexity index is 824. The summed E-state index contributed by atoms with van der Waals surface area (Å²) >= 11 is 2.79. The van der Waals surface area contributed by atoms with Gasteiger partial charge in [0.25, 0.3) is 0 Å². The molecule has 1 unspecified atom stereocenters. The fraction of sp³-hybridized carbons (Fsp3) is 0.500. The number of rotatable bonds is 5. The van der Waals surface area contributed by atoms with Crippen molar-refractivity contribution in [1.82, 2.24) is 15.3 Å². The van der Waals surface area contributed by atoms with E-state index in [9.17, 15) is 10.1 Å². The van der Waals surface area contributed by atoms with Crippen LogP contribution in [0.1, 0.15) is 31.2 Å². The zero-order valence-corrected chi connectivity index (χ0v) is 16.1. The lowest BCUT2D eigenvalue weighted by Crippen LogP contribution is -2.49. The van der Waals surface area contributed by atoms with E-state index in [1.807, 2.05) is 27.7 Å². The van der Waals surface area contributed by atoms with Gasteiger partial charge in [0.05, 0.1) is 17.2 Å². The molecule has 0 aliphatic carbocycles. The highest BCUT2D eigenvalue weighted by molar-refractivity contribution is 7.99. The van der Waals surface area contributed by atoms with Gasteiger partial charge in [-0.3, -0.25) is 4.79 Å². The van der Waals surface area contributed by atoms with Crippen molar-refractivity contribution in [3.63, 3.8) is 0 Å². The average molecular weight is 364 g/mol. The van der Waals surface area contributed by atoms with E-state index in [4.69, 9.17) is 5.73 Å². The van der Waals surface area contributed by atoms with Gasteiger partial charge in [-0.15, -0.1) is 11.3 Å². The summed E-state index contributed by atoms with van der Waals surface area (Å²) in [5.41, 5.74) is 6.25. The molecule has 128 valence electrons. The lowest BCUT2D eigenvalue weighted by molar-refractivity contribution is -0.120. The zero-order chi connectivity index (χ0) is 18.1. The molecule has 3 N–H and O–H groups in total. The quantitative estimate of drug-likeness (QED) is 0.625. The molecule has 0 aliphatic heterocycles. The molecule has 24 heavy (non-hydrogen) atoms. The maximum atomic E-state index is 12.1. The molecule has 0 saturated carbocycles. The third-order valence-electron chi connectivity index (χ3n) is 4.15. The third-order valence-corrected chi connectivity index (χ3v) is 6.10. The number of thiophene rings is 1. The monoisotopic (exact) mass is 363 g/mol. The number of amides is 1. The number of carbonyl (C=O) groups excluding carboxylic acids is 1. The van der Waals surface area contributed by atoms with Crippen molar-refractivity contribution in [2.75, 3.05) is 11.5 Å². The molecule has 0 fully saturated rings. The fourth-order valence-electron chi connectivity index (χ4n) is 2.08. The largest absolute Gasteiger partial charge is 0.383 e. The lowest BCUT2D eigenvalue weighted by atomic mass is 9.90. The van der Waals surface area contributed by atoms with Crippen LogP contribution in [0.4, 0.5) is 5.82 Å². The van der Waals surface area contributed by atoms with Crippen LogP contribution in [0.5, 0.6) is 0 Å². The van der Waals surface area contributed by atoms with Crippen LogP contribution in [0.2, 0.25) is 0 Å². The molecule has 0 aliphatic rings. The molecule has 2 rings (SSSR count). The molecule has 1 atom stereocenters. The normalized spacial score (nSPS) is 13.7. The first kappa shape index (κ1) is 18.5. The van der Waals surface area contributed by atoms with Crippen molar-refractivity contribution in [3.8, 4) is 6.07 Å². The minimum Gasteiger partial charge on any atom is -0.383 e. The van der Waals surface area contributed by atoms with Crippen molar-refractivity contribution in [3.05, 3.63) is 10.4 Å². The topological polar surface area (TPSA) is 105 Å². The Morgan fingerprint density at radius 2 is 2.12 bits per heavy atom. The number of carbonyl (C=O) groups is 1. The SMILES string of the molecule is Cc1sc2nc(SCC(=O)NC(C)(C#N)C(C)C)nc(N)c2c1C. The lowest BCUT2D eigenvalue weighted by Gasteiger charge is -2.27. The van der Waals surface area contributed by atoms with Gasteiger partial charge in [0, 0.05) is 4.88 Å². The van der Waals surface area contributed by atoms with Gasteiger partial charge in [-0.1, -0.05) is 25.6 Å². The van der Waals surface area contributed by atoms with Gasteiger partial charge in [-0.25, -0.2) is 9.97 Å². The molecule has 0 radical (unpaired) electrons. The van der Waals surface area contributed by atoms with Crippen molar-refractivity contribution < 1.29 is 4.79 Å². The first-order valence-electron chi connectivity index (χ1n) is 7.56. The van der Waals surface area contributed by atoms with Gasteiger partial charge in [0.2, 0.25) is 5.91 Å². The first-order chi connectivity index (χ1) is 11.2. The number of nitriles is 1. The van der Waals surface area contributed by atoms with E-state index >= 15 is 0 Å². The summed E-state index contributed by atoms with van der Waals surface area (Å²) in [6.07, 6.45) is 0. The smallest absolute Gasteiger partial charge is 0.231 e. The van der Waals surface area contributed by atoms with Crippen LogP contribution in [0.25, 0.3) is 10.2 Å². The Balaban J connectivity index is 2.11. The molecule has 6 nitrogen and oxygen atoms in total. The summed E-state index contributed by atoms with van der Waals surface area (Å²) in [4.78, 5) is 22.9. The van der Waals surface area contributed by atoms with E-state index in [2.05, 4.69) is 21.4 Å². The molecule has 2 aromatic rings.